The number of hydrogen-bond donors (Lipinski definition) is 1. The first-order chi connectivity index (χ1) is 12.1. The molecule has 1 aliphatic rings. The van der Waals surface area contributed by atoms with E-state index in [0.29, 0.717) is 17.1 Å². The molecule has 1 aromatic heterocycles. The predicted molar refractivity (Wildman–Crippen MR) is 99.6 cm³/mol. The maximum atomic E-state index is 12.4. The zero-order valence-corrected chi connectivity index (χ0v) is 15.0. The van der Waals surface area contributed by atoms with Crippen molar-refractivity contribution in [2.24, 2.45) is 0 Å². The van der Waals surface area contributed by atoms with Crippen molar-refractivity contribution in [1.82, 2.24) is 9.88 Å². The number of piperazine rings is 1. The number of aromatic nitrogens is 1. The van der Waals surface area contributed by atoms with E-state index in [9.17, 15) is 4.79 Å². The molecule has 1 fully saturated rings. The zero-order valence-electron chi connectivity index (χ0n) is 15.0. The average Bonchev–Trinajstić information content (AvgIpc) is 2.63. The van der Waals surface area contributed by atoms with Gasteiger partial charge < -0.3 is 19.9 Å². The standard InChI is InChI=1S/C19H24N4O2/c1-14-4-5-15(12-17(14)25-3)19(24)21-18-7-6-16(13-20-18)23-10-8-22(2)9-11-23/h4-7,12-13H,8-11H2,1-3H3,(H,20,21,24). The van der Waals surface area contributed by atoms with Crippen molar-refractivity contribution in [2.75, 3.05) is 50.6 Å². The second-order valence-corrected chi connectivity index (χ2v) is 6.33. The Morgan fingerprint density at radius 2 is 1.92 bits per heavy atom. The summed E-state index contributed by atoms with van der Waals surface area (Å²) in [6.45, 7) is 6.03. The lowest BCUT2D eigenvalue weighted by atomic mass is 10.1. The molecule has 0 atom stereocenters. The van der Waals surface area contributed by atoms with Crippen LogP contribution in [0, 0.1) is 6.92 Å². The van der Waals surface area contributed by atoms with E-state index < -0.39 is 0 Å². The minimum Gasteiger partial charge on any atom is -0.496 e. The van der Waals surface area contributed by atoms with E-state index in [-0.39, 0.29) is 5.91 Å². The third-order valence-electron chi connectivity index (χ3n) is 4.53. The van der Waals surface area contributed by atoms with Crippen molar-refractivity contribution in [1.29, 1.82) is 0 Å². The number of anilines is 2. The van der Waals surface area contributed by atoms with Crippen LogP contribution in [0.25, 0.3) is 0 Å². The number of carbonyl (C=O) groups excluding carboxylic acids is 1. The van der Waals surface area contributed by atoms with Gasteiger partial charge in [-0.05, 0) is 43.8 Å². The molecule has 1 aliphatic heterocycles. The van der Waals surface area contributed by atoms with E-state index in [2.05, 4.69) is 27.1 Å². The molecule has 0 spiro atoms. The molecule has 0 aliphatic carbocycles. The second kappa shape index (κ2) is 7.53. The average molecular weight is 340 g/mol. The largest absolute Gasteiger partial charge is 0.496 e. The fraction of sp³-hybridized carbons (Fsp3) is 0.368. The van der Waals surface area contributed by atoms with Crippen LogP contribution in [0.5, 0.6) is 5.75 Å². The van der Waals surface area contributed by atoms with Gasteiger partial charge in [0.2, 0.25) is 0 Å². The molecule has 3 rings (SSSR count). The molecular weight excluding hydrogens is 316 g/mol. The molecule has 0 bridgehead atoms. The number of hydrogen-bond acceptors (Lipinski definition) is 5. The van der Waals surface area contributed by atoms with E-state index in [1.165, 1.54) is 0 Å². The van der Waals surface area contributed by atoms with Gasteiger partial charge in [0.15, 0.2) is 0 Å². The number of carbonyl (C=O) groups is 1. The van der Waals surface area contributed by atoms with Crippen molar-refractivity contribution >= 4 is 17.4 Å². The third-order valence-corrected chi connectivity index (χ3v) is 4.53. The second-order valence-electron chi connectivity index (χ2n) is 6.33. The van der Waals surface area contributed by atoms with Gasteiger partial charge >= 0.3 is 0 Å². The van der Waals surface area contributed by atoms with Gasteiger partial charge in [-0.15, -0.1) is 0 Å². The summed E-state index contributed by atoms with van der Waals surface area (Å²) in [5.41, 5.74) is 2.63. The van der Waals surface area contributed by atoms with E-state index in [1.54, 1.807) is 19.2 Å². The Balaban J connectivity index is 1.66. The van der Waals surface area contributed by atoms with Crippen LogP contribution in [0.2, 0.25) is 0 Å². The molecule has 0 saturated carbocycles. The molecule has 6 nitrogen and oxygen atoms in total. The van der Waals surface area contributed by atoms with E-state index in [0.717, 1.165) is 37.4 Å². The Labute approximate surface area is 148 Å². The number of amides is 1. The molecule has 1 amide bonds. The Morgan fingerprint density at radius 3 is 2.56 bits per heavy atom. The Hall–Kier alpha value is -2.60. The van der Waals surface area contributed by atoms with Gasteiger partial charge in [-0.1, -0.05) is 6.07 Å². The lowest BCUT2D eigenvalue weighted by Gasteiger charge is -2.33. The number of nitrogens with zero attached hydrogens (tertiary/aromatic N) is 3. The highest BCUT2D eigenvalue weighted by atomic mass is 16.5. The smallest absolute Gasteiger partial charge is 0.256 e. The van der Waals surface area contributed by atoms with Crippen LogP contribution in [0.4, 0.5) is 11.5 Å². The van der Waals surface area contributed by atoms with Crippen LogP contribution in [-0.4, -0.2) is 56.1 Å². The maximum absolute atomic E-state index is 12.4. The Bertz CT molecular complexity index is 738. The van der Waals surface area contributed by atoms with Crippen LogP contribution in [0.1, 0.15) is 15.9 Å². The van der Waals surface area contributed by atoms with Crippen molar-refractivity contribution in [3.63, 3.8) is 0 Å². The normalized spacial score (nSPS) is 15.1. The molecule has 25 heavy (non-hydrogen) atoms. The highest BCUT2D eigenvalue weighted by Crippen LogP contribution is 2.20. The van der Waals surface area contributed by atoms with Crippen LogP contribution in [0.15, 0.2) is 36.5 Å². The van der Waals surface area contributed by atoms with E-state index in [1.807, 2.05) is 31.3 Å². The molecule has 132 valence electrons. The summed E-state index contributed by atoms with van der Waals surface area (Å²) >= 11 is 0. The maximum Gasteiger partial charge on any atom is 0.256 e. The van der Waals surface area contributed by atoms with Gasteiger partial charge in [-0.2, -0.15) is 0 Å². The summed E-state index contributed by atoms with van der Waals surface area (Å²) in [4.78, 5) is 21.4. The number of rotatable bonds is 4. The Morgan fingerprint density at radius 1 is 1.16 bits per heavy atom. The number of likely N-dealkylation sites (N-methyl/N-ethyl adjacent to an activating group) is 1. The minimum absolute atomic E-state index is 0.196. The van der Waals surface area contributed by atoms with E-state index in [4.69, 9.17) is 4.74 Å². The van der Waals surface area contributed by atoms with Crippen LogP contribution in [-0.2, 0) is 0 Å². The molecule has 2 aromatic rings. The summed E-state index contributed by atoms with van der Waals surface area (Å²) in [6.07, 6.45) is 1.82. The van der Waals surface area contributed by atoms with Gasteiger partial charge in [-0.25, -0.2) is 4.98 Å². The Kier molecular flexibility index (Phi) is 5.19. The van der Waals surface area contributed by atoms with Crippen molar-refractivity contribution < 1.29 is 9.53 Å². The minimum atomic E-state index is -0.196. The summed E-state index contributed by atoms with van der Waals surface area (Å²) in [5.74, 6) is 1.05. The number of benzene rings is 1. The molecule has 6 heteroatoms. The molecule has 0 unspecified atom stereocenters. The quantitative estimate of drug-likeness (QED) is 0.926. The first kappa shape index (κ1) is 17.2. The lowest BCUT2D eigenvalue weighted by molar-refractivity contribution is 0.102. The number of nitrogens with one attached hydrogen (secondary N) is 1. The first-order valence-electron chi connectivity index (χ1n) is 8.42. The molecule has 1 N–H and O–H groups in total. The van der Waals surface area contributed by atoms with Gasteiger partial charge in [0.05, 0.1) is 19.0 Å². The van der Waals surface area contributed by atoms with E-state index >= 15 is 0 Å². The van der Waals surface area contributed by atoms with Crippen LogP contribution < -0.4 is 15.0 Å². The number of pyridine rings is 1. The highest BCUT2D eigenvalue weighted by Gasteiger charge is 2.15. The summed E-state index contributed by atoms with van der Waals surface area (Å²) in [5, 5.41) is 2.83. The molecule has 1 saturated heterocycles. The summed E-state index contributed by atoms with van der Waals surface area (Å²) in [6, 6.07) is 9.24. The SMILES string of the molecule is COc1cc(C(=O)Nc2ccc(N3CCN(C)CC3)cn2)ccc1C. The number of methoxy groups -OCH3 is 1. The monoisotopic (exact) mass is 340 g/mol. The topological polar surface area (TPSA) is 57.7 Å². The lowest BCUT2D eigenvalue weighted by Crippen LogP contribution is -2.44. The van der Waals surface area contributed by atoms with Gasteiger partial charge in [0.25, 0.3) is 5.91 Å². The first-order valence-corrected chi connectivity index (χ1v) is 8.42. The van der Waals surface area contributed by atoms with Gasteiger partial charge in [-0.3, -0.25) is 4.79 Å². The van der Waals surface area contributed by atoms with Crippen LogP contribution >= 0.6 is 0 Å². The molecular formula is C19H24N4O2. The predicted octanol–water partition coefficient (Wildman–Crippen LogP) is 2.40. The molecule has 2 heterocycles. The van der Waals surface area contributed by atoms with Crippen molar-refractivity contribution in [3.8, 4) is 5.75 Å². The van der Waals surface area contributed by atoms with Crippen molar-refractivity contribution in [2.45, 2.75) is 6.92 Å². The fourth-order valence-electron chi connectivity index (χ4n) is 2.86. The number of ether oxygens (including phenoxy) is 1. The fourth-order valence-corrected chi connectivity index (χ4v) is 2.86. The van der Waals surface area contributed by atoms with Crippen molar-refractivity contribution in [3.05, 3.63) is 47.7 Å². The van der Waals surface area contributed by atoms with Crippen LogP contribution in [0.3, 0.4) is 0 Å². The zero-order chi connectivity index (χ0) is 17.8. The molecule has 0 radical (unpaired) electrons. The highest BCUT2D eigenvalue weighted by molar-refractivity contribution is 6.04. The molecule has 1 aromatic carbocycles. The van der Waals surface area contributed by atoms with Gasteiger partial charge in [0.1, 0.15) is 11.6 Å². The third kappa shape index (κ3) is 4.09. The summed E-state index contributed by atoms with van der Waals surface area (Å²) < 4.78 is 5.27. The van der Waals surface area contributed by atoms with Gasteiger partial charge in [0, 0.05) is 31.7 Å². The summed E-state index contributed by atoms with van der Waals surface area (Å²) in [7, 11) is 3.73. The number of aryl methyl sites for hydroxylation is 1.